The highest BCUT2D eigenvalue weighted by Crippen LogP contribution is 2.23. The summed E-state index contributed by atoms with van der Waals surface area (Å²) < 4.78 is 0. The summed E-state index contributed by atoms with van der Waals surface area (Å²) in [7, 11) is 0. The van der Waals surface area contributed by atoms with Crippen LogP contribution < -0.4 is 5.56 Å². The lowest BCUT2D eigenvalue weighted by Crippen LogP contribution is -2.12. The van der Waals surface area contributed by atoms with Gasteiger partial charge in [0, 0.05) is 6.20 Å². The van der Waals surface area contributed by atoms with Gasteiger partial charge in [0.25, 0.3) is 5.56 Å². The summed E-state index contributed by atoms with van der Waals surface area (Å²) in [5.41, 5.74) is 1.87. The Morgan fingerprint density at radius 3 is 3.00 bits per heavy atom. The lowest BCUT2D eigenvalue weighted by Gasteiger charge is -2.10. The molecule has 0 radical (unpaired) electrons. The van der Waals surface area contributed by atoms with Gasteiger partial charge in [-0.2, -0.15) is 0 Å². The van der Waals surface area contributed by atoms with Crippen molar-refractivity contribution in [1.29, 1.82) is 0 Å². The molecule has 1 aromatic heterocycles. The van der Waals surface area contributed by atoms with Crippen molar-refractivity contribution < 1.29 is 0 Å². The molecule has 0 aliphatic heterocycles. The molecule has 1 aromatic rings. The zero-order valence-corrected chi connectivity index (χ0v) is 7.42. The second-order valence-corrected chi connectivity index (χ2v) is 3.27. The van der Waals surface area contributed by atoms with Crippen LogP contribution >= 0.6 is 0 Å². The number of H-pyrrole nitrogens is 1. The van der Waals surface area contributed by atoms with Gasteiger partial charge < -0.3 is 4.98 Å². The Labute approximate surface area is 76.5 Å². The number of allylic oxidation sites excluding steroid dienone is 2. The van der Waals surface area contributed by atoms with E-state index in [2.05, 4.69) is 16.0 Å². The van der Waals surface area contributed by atoms with Crippen LogP contribution in [0.15, 0.2) is 23.4 Å². The minimum Gasteiger partial charge on any atom is -0.313 e. The molecular formula is C10H12N2O. The fraction of sp³-hybridized carbons (Fsp3) is 0.400. The highest BCUT2D eigenvalue weighted by Gasteiger charge is 2.08. The Bertz CT molecular complexity index is 379. The van der Waals surface area contributed by atoms with Crippen molar-refractivity contribution in [3.05, 3.63) is 34.5 Å². The van der Waals surface area contributed by atoms with Crippen LogP contribution in [-0.4, -0.2) is 9.97 Å². The van der Waals surface area contributed by atoms with E-state index in [0.29, 0.717) is 0 Å². The first-order valence-corrected chi connectivity index (χ1v) is 4.60. The molecule has 68 valence electrons. The molecule has 0 unspecified atom stereocenters. The molecule has 0 saturated carbocycles. The normalized spacial score (nSPS) is 16.8. The molecule has 13 heavy (non-hydrogen) atoms. The van der Waals surface area contributed by atoms with Gasteiger partial charge >= 0.3 is 0 Å². The number of nitrogens with one attached hydrogen (secondary N) is 1. The van der Waals surface area contributed by atoms with Crippen molar-refractivity contribution in [3.8, 4) is 0 Å². The third kappa shape index (κ3) is 1.69. The zero-order chi connectivity index (χ0) is 9.10. The average molecular weight is 176 g/mol. The molecule has 0 amide bonds. The van der Waals surface area contributed by atoms with Crippen molar-refractivity contribution in [1.82, 2.24) is 9.97 Å². The molecule has 0 saturated heterocycles. The van der Waals surface area contributed by atoms with E-state index in [9.17, 15) is 4.79 Å². The largest absolute Gasteiger partial charge is 0.313 e. The van der Waals surface area contributed by atoms with Gasteiger partial charge in [-0.1, -0.05) is 6.08 Å². The van der Waals surface area contributed by atoms with E-state index in [4.69, 9.17) is 0 Å². The maximum absolute atomic E-state index is 11.4. The van der Waals surface area contributed by atoms with E-state index < -0.39 is 0 Å². The molecule has 0 fully saturated rings. The van der Waals surface area contributed by atoms with Crippen LogP contribution in [0.5, 0.6) is 0 Å². The summed E-state index contributed by atoms with van der Waals surface area (Å²) in [6.45, 7) is 0. The summed E-state index contributed by atoms with van der Waals surface area (Å²) in [4.78, 5) is 17.9. The summed E-state index contributed by atoms with van der Waals surface area (Å²) in [5.74, 6) is 0. The van der Waals surface area contributed by atoms with E-state index in [-0.39, 0.29) is 5.56 Å². The van der Waals surface area contributed by atoms with Gasteiger partial charge in [-0.25, -0.2) is 4.98 Å². The van der Waals surface area contributed by atoms with Gasteiger partial charge in [0.1, 0.15) is 0 Å². The quantitative estimate of drug-likeness (QED) is 0.708. The van der Waals surface area contributed by atoms with E-state index in [1.165, 1.54) is 19.2 Å². The second kappa shape index (κ2) is 3.56. The van der Waals surface area contributed by atoms with Crippen molar-refractivity contribution in [3.63, 3.8) is 0 Å². The lowest BCUT2D eigenvalue weighted by molar-refractivity contribution is 0.740. The van der Waals surface area contributed by atoms with Crippen LogP contribution in [0, 0.1) is 0 Å². The Kier molecular flexibility index (Phi) is 2.25. The Hall–Kier alpha value is -1.38. The molecule has 1 N–H and O–H groups in total. The summed E-state index contributed by atoms with van der Waals surface area (Å²) in [5, 5.41) is 0. The predicted molar refractivity (Wildman–Crippen MR) is 51.3 cm³/mol. The maximum atomic E-state index is 11.4. The highest BCUT2D eigenvalue weighted by molar-refractivity contribution is 5.64. The van der Waals surface area contributed by atoms with Gasteiger partial charge in [-0.05, 0) is 31.3 Å². The maximum Gasteiger partial charge on any atom is 0.258 e. The Morgan fingerprint density at radius 2 is 2.31 bits per heavy atom. The first-order valence-electron chi connectivity index (χ1n) is 4.60. The standard InChI is InChI=1S/C10H12N2O/c13-10-9(6-11-7-12-10)8-4-2-1-3-5-8/h4,6-7H,1-3,5H2,(H,11,12,13). The highest BCUT2D eigenvalue weighted by atomic mass is 16.1. The number of aromatic amines is 1. The van der Waals surface area contributed by atoms with E-state index >= 15 is 0 Å². The Morgan fingerprint density at radius 1 is 1.38 bits per heavy atom. The van der Waals surface area contributed by atoms with Crippen molar-refractivity contribution >= 4 is 5.57 Å². The molecular weight excluding hydrogens is 164 g/mol. The minimum absolute atomic E-state index is 0.0249. The van der Waals surface area contributed by atoms with Gasteiger partial charge in [-0.15, -0.1) is 0 Å². The molecule has 0 bridgehead atoms. The molecule has 1 aliphatic rings. The number of rotatable bonds is 1. The monoisotopic (exact) mass is 176 g/mol. The zero-order valence-electron chi connectivity index (χ0n) is 7.42. The van der Waals surface area contributed by atoms with Crippen LogP contribution in [0.3, 0.4) is 0 Å². The van der Waals surface area contributed by atoms with Crippen molar-refractivity contribution in [2.24, 2.45) is 0 Å². The SMILES string of the molecule is O=c1[nH]cncc1C1=CCCCC1. The second-order valence-electron chi connectivity index (χ2n) is 3.27. The van der Waals surface area contributed by atoms with Gasteiger partial charge in [0.15, 0.2) is 0 Å². The van der Waals surface area contributed by atoms with E-state index in [1.807, 2.05) is 0 Å². The summed E-state index contributed by atoms with van der Waals surface area (Å²) in [6.07, 6.45) is 9.74. The van der Waals surface area contributed by atoms with E-state index in [1.54, 1.807) is 6.20 Å². The molecule has 2 rings (SSSR count). The molecule has 1 aliphatic carbocycles. The molecule has 3 nitrogen and oxygen atoms in total. The smallest absolute Gasteiger partial charge is 0.258 e. The van der Waals surface area contributed by atoms with Gasteiger partial charge in [-0.3, -0.25) is 4.79 Å². The van der Waals surface area contributed by atoms with Crippen molar-refractivity contribution in [2.45, 2.75) is 25.7 Å². The lowest BCUT2D eigenvalue weighted by atomic mass is 9.95. The summed E-state index contributed by atoms with van der Waals surface area (Å²) >= 11 is 0. The van der Waals surface area contributed by atoms with Crippen LogP contribution in [0.2, 0.25) is 0 Å². The molecule has 0 spiro atoms. The Balaban J connectivity index is 2.40. The van der Waals surface area contributed by atoms with E-state index in [0.717, 1.165) is 24.0 Å². The third-order valence-corrected chi connectivity index (χ3v) is 2.36. The first-order chi connectivity index (χ1) is 6.38. The fourth-order valence-electron chi connectivity index (χ4n) is 1.66. The molecule has 0 atom stereocenters. The van der Waals surface area contributed by atoms with Crippen LogP contribution in [0.25, 0.3) is 5.57 Å². The van der Waals surface area contributed by atoms with Gasteiger partial charge in [0.05, 0.1) is 11.9 Å². The van der Waals surface area contributed by atoms with Crippen molar-refractivity contribution in [2.75, 3.05) is 0 Å². The van der Waals surface area contributed by atoms with Crippen LogP contribution in [0.4, 0.5) is 0 Å². The fourth-order valence-corrected chi connectivity index (χ4v) is 1.66. The molecule has 3 heteroatoms. The van der Waals surface area contributed by atoms with Gasteiger partial charge in [0.2, 0.25) is 0 Å². The summed E-state index contributed by atoms with van der Waals surface area (Å²) in [6, 6.07) is 0. The van der Waals surface area contributed by atoms with Crippen LogP contribution in [-0.2, 0) is 0 Å². The number of hydrogen-bond acceptors (Lipinski definition) is 2. The number of nitrogens with zero attached hydrogens (tertiary/aromatic N) is 1. The minimum atomic E-state index is -0.0249. The number of hydrogen-bond donors (Lipinski definition) is 1. The average Bonchev–Trinajstić information content (AvgIpc) is 2.20. The first kappa shape index (κ1) is 8.23. The topological polar surface area (TPSA) is 45.8 Å². The molecule has 1 heterocycles. The van der Waals surface area contributed by atoms with Crippen LogP contribution in [0.1, 0.15) is 31.2 Å². The number of aromatic nitrogens is 2. The third-order valence-electron chi connectivity index (χ3n) is 2.36. The molecule has 0 aromatic carbocycles. The predicted octanol–water partition coefficient (Wildman–Crippen LogP) is 1.73.